The summed E-state index contributed by atoms with van der Waals surface area (Å²) in [4.78, 5) is 84.5. The zero-order chi connectivity index (χ0) is 46.3. The maximum Gasteiger partial charge on any atom is 0.284 e. The van der Waals surface area contributed by atoms with Gasteiger partial charge in [-0.2, -0.15) is 10.2 Å². The number of morpholine rings is 1. The molecule has 3 atom stereocenters. The molecule has 350 valence electrons. The second-order valence-electron chi connectivity index (χ2n) is 17.0. The summed E-state index contributed by atoms with van der Waals surface area (Å²) in [6.07, 6.45) is 4.30. The fourth-order valence-corrected chi connectivity index (χ4v) is 10.4. The quantitative estimate of drug-likeness (QED) is 0.0877. The van der Waals surface area contributed by atoms with Crippen LogP contribution in [0.25, 0.3) is 5.65 Å². The molecule has 1 aromatic carbocycles. The van der Waals surface area contributed by atoms with Gasteiger partial charge in [-0.25, -0.2) is 26.7 Å². The number of piperidine rings is 1. The summed E-state index contributed by atoms with van der Waals surface area (Å²) >= 11 is 0. The number of benzene rings is 1. The average Bonchev–Trinajstić information content (AvgIpc) is 4.14. The molecule has 7 heterocycles. The van der Waals surface area contributed by atoms with Gasteiger partial charge in [0.05, 0.1) is 53.6 Å². The number of sulfonamides is 1. The minimum absolute atomic E-state index is 0.0127. The van der Waals surface area contributed by atoms with Crippen molar-refractivity contribution in [2.75, 3.05) is 54.2 Å². The first kappa shape index (κ1) is 44.8. The number of fused-ring (bicyclic) bond motifs is 4. The molecular formula is C42H47F2N11O10S. The van der Waals surface area contributed by atoms with Crippen LogP contribution in [-0.4, -0.2) is 130 Å². The van der Waals surface area contributed by atoms with Crippen molar-refractivity contribution in [1.82, 2.24) is 39.3 Å². The van der Waals surface area contributed by atoms with Crippen molar-refractivity contribution < 1.29 is 55.4 Å². The molecule has 0 spiro atoms. The Morgan fingerprint density at radius 2 is 1.79 bits per heavy atom. The lowest BCUT2D eigenvalue weighted by Gasteiger charge is -2.27. The minimum Gasteiger partial charge on any atom is -0.384 e. The number of hydrogen-bond donors (Lipinski definition) is 4. The van der Waals surface area contributed by atoms with E-state index >= 15 is 0 Å². The van der Waals surface area contributed by atoms with Gasteiger partial charge in [0.25, 0.3) is 24.1 Å². The van der Waals surface area contributed by atoms with E-state index in [4.69, 9.17) is 9.47 Å². The van der Waals surface area contributed by atoms with Gasteiger partial charge < -0.3 is 25.0 Å². The van der Waals surface area contributed by atoms with E-state index in [2.05, 4.69) is 40.8 Å². The topological polar surface area (TPSA) is 258 Å². The summed E-state index contributed by atoms with van der Waals surface area (Å²) in [5.74, 6) is -4.04. The van der Waals surface area contributed by atoms with E-state index < -0.39 is 69.5 Å². The maximum absolute atomic E-state index is 14.2. The lowest BCUT2D eigenvalue weighted by molar-refractivity contribution is -0.136. The van der Waals surface area contributed by atoms with Crippen molar-refractivity contribution in [1.29, 1.82) is 0 Å². The Labute approximate surface area is 376 Å². The van der Waals surface area contributed by atoms with Crippen LogP contribution in [0.15, 0.2) is 42.9 Å². The van der Waals surface area contributed by atoms with E-state index in [9.17, 15) is 46.0 Å². The molecule has 6 amide bonds. The zero-order valence-electron chi connectivity index (χ0n) is 35.5. The van der Waals surface area contributed by atoms with Gasteiger partial charge in [-0.3, -0.25) is 48.4 Å². The van der Waals surface area contributed by atoms with Crippen LogP contribution >= 0.6 is 0 Å². The fraction of sp³-hybridized carbons (Fsp3) is 0.500. The molecule has 21 nitrogen and oxygen atoms in total. The first-order chi connectivity index (χ1) is 31.7. The van der Waals surface area contributed by atoms with Crippen molar-refractivity contribution in [2.45, 2.75) is 88.4 Å². The third-order valence-electron chi connectivity index (χ3n) is 12.7. The van der Waals surface area contributed by atoms with Crippen LogP contribution in [0.2, 0.25) is 0 Å². The van der Waals surface area contributed by atoms with Gasteiger partial charge in [0.1, 0.15) is 17.4 Å². The molecule has 4 N–H and O–H groups in total. The van der Waals surface area contributed by atoms with Crippen molar-refractivity contribution in [3.05, 3.63) is 65.2 Å². The van der Waals surface area contributed by atoms with Crippen LogP contribution < -0.4 is 25.6 Å². The van der Waals surface area contributed by atoms with Gasteiger partial charge in [0, 0.05) is 56.7 Å². The Balaban J connectivity index is 0.699. The van der Waals surface area contributed by atoms with Crippen LogP contribution in [0.1, 0.15) is 107 Å². The first-order valence-corrected chi connectivity index (χ1v) is 23.5. The molecule has 4 aliphatic heterocycles. The third kappa shape index (κ3) is 9.07. The van der Waals surface area contributed by atoms with Gasteiger partial charge in [-0.15, -0.1) is 0 Å². The number of nitrogens with one attached hydrogen (secondary N) is 4. The number of ether oxygens (including phenoxy) is 2. The van der Waals surface area contributed by atoms with Crippen molar-refractivity contribution in [2.24, 2.45) is 5.92 Å². The van der Waals surface area contributed by atoms with Crippen LogP contribution in [0.3, 0.4) is 0 Å². The smallest absolute Gasteiger partial charge is 0.284 e. The molecule has 3 aromatic heterocycles. The number of alkyl halides is 2. The average molecular weight is 936 g/mol. The first-order valence-electron chi connectivity index (χ1n) is 21.9. The SMILES string of the molecule is O=C1CCC(N2C(=O)c3cccc(NCCCOCCCS(=O)(=O)NC(=O)C4CCC(n5cc(NC(=O)c6cnn7ccc(N8CC9CC8CO9)nc67)c(C(F)F)n5)CC4)c3C2=O)C(=O)N1. The van der Waals surface area contributed by atoms with Crippen LogP contribution in [0, 0.1) is 5.92 Å². The summed E-state index contributed by atoms with van der Waals surface area (Å²) in [5.41, 5.74) is 0.284. The van der Waals surface area contributed by atoms with Gasteiger partial charge in [0.2, 0.25) is 27.7 Å². The van der Waals surface area contributed by atoms with Crippen molar-refractivity contribution in [3.63, 3.8) is 0 Å². The molecule has 24 heteroatoms. The highest BCUT2D eigenvalue weighted by molar-refractivity contribution is 7.90. The Kier molecular flexibility index (Phi) is 12.5. The maximum atomic E-state index is 14.2. The van der Waals surface area contributed by atoms with Gasteiger partial charge in [-0.05, 0) is 69.6 Å². The molecular weight excluding hydrogens is 889 g/mol. The van der Waals surface area contributed by atoms with Crippen LogP contribution in [0.4, 0.5) is 26.0 Å². The lowest BCUT2D eigenvalue weighted by atomic mass is 9.86. The number of imide groups is 2. The molecule has 4 fully saturated rings. The Hall–Kier alpha value is -6.40. The molecule has 3 saturated heterocycles. The van der Waals surface area contributed by atoms with E-state index in [-0.39, 0.29) is 97.3 Å². The third-order valence-corrected chi connectivity index (χ3v) is 14.0. The van der Waals surface area contributed by atoms with Gasteiger partial charge in [0.15, 0.2) is 11.3 Å². The largest absolute Gasteiger partial charge is 0.384 e. The number of nitrogens with zero attached hydrogens (tertiary/aromatic N) is 7. The van der Waals surface area contributed by atoms with E-state index in [1.54, 1.807) is 24.4 Å². The highest BCUT2D eigenvalue weighted by Crippen LogP contribution is 2.37. The predicted molar refractivity (Wildman–Crippen MR) is 228 cm³/mol. The number of carbonyl (C=O) groups is 6. The van der Waals surface area contributed by atoms with Gasteiger partial charge >= 0.3 is 0 Å². The second-order valence-corrected chi connectivity index (χ2v) is 18.8. The van der Waals surface area contributed by atoms with Crippen molar-refractivity contribution >= 4 is 68.3 Å². The Bertz CT molecular complexity index is 2700. The monoisotopic (exact) mass is 935 g/mol. The number of hydrogen-bond acceptors (Lipinski definition) is 15. The molecule has 1 aliphatic carbocycles. The summed E-state index contributed by atoms with van der Waals surface area (Å²) in [6.45, 7) is 1.96. The van der Waals surface area contributed by atoms with Crippen LogP contribution in [-0.2, 0) is 33.9 Å². The van der Waals surface area contributed by atoms with Crippen molar-refractivity contribution in [3.8, 4) is 0 Å². The standard InChI is InChI=1S/C42H47F2N11O10S/c43-36(44)35-30(47-39(58)28-19-46-53-14-12-32(48-37(28)53)52-20-26-18-25(52)22-65-26)21-54(50-35)24-8-6-23(7-9-24)38(57)51-66(62,63)17-3-16-64-15-2-13-45-29-5-1-4-27-34(29)42(61)55(41(27)60)31-10-11-33(56)49-40(31)59/h1,4-5,12,14,19,21,23-26,31,36,45H,2-3,6-11,13,15-18,20,22H2,(H,47,58)(H,51,57)(H,49,56,59). The van der Waals surface area contributed by atoms with Gasteiger partial charge in [-0.1, -0.05) is 6.07 Å². The molecule has 9 rings (SSSR count). The normalized spacial score (nSPS) is 22.9. The molecule has 2 bridgehead atoms. The molecule has 0 radical (unpaired) electrons. The number of aromatic nitrogens is 5. The summed E-state index contributed by atoms with van der Waals surface area (Å²) in [6, 6.07) is 5.29. The minimum atomic E-state index is -3.98. The van der Waals surface area contributed by atoms with E-state index in [0.29, 0.717) is 50.5 Å². The number of rotatable bonds is 17. The molecule has 4 aromatic rings. The van der Waals surface area contributed by atoms with Crippen LogP contribution in [0.5, 0.6) is 0 Å². The van der Waals surface area contributed by atoms with E-state index in [0.717, 1.165) is 11.3 Å². The number of carbonyl (C=O) groups excluding carboxylic acids is 6. The Morgan fingerprint density at radius 3 is 2.53 bits per heavy atom. The predicted octanol–water partition coefficient (Wildman–Crippen LogP) is 2.58. The van der Waals surface area contributed by atoms with E-state index in [1.807, 2.05) is 0 Å². The fourth-order valence-electron chi connectivity index (χ4n) is 9.30. The zero-order valence-corrected chi connectivity index (χ0v) is 36.3. The molecule has 5 aliphatic rings. The number of anilines is 3. The summed E-state index contributed by atoms with van der Waals surface area (Å²) in [5, 5.41) is 16.2. The summed E-state index contributed by atoms with van der Waals surface area (Å²) in [7, 11) is -3.98. The number of halogens is 2. The Morgan fingerprint density at radius 1 is 0.985 bits per heavy atom. The lowest BCUT2D eigenvalue weighted by Crippen LogP contribution is -2.54. The number of amides is 6. The molecule has 1 saturated carbocycles. The summed E-state index contributed by atoms with van der Waals surface area (Å²) < 4.78 is 70.3. The second kappa shape index (κ2) is 18.5. The highest BCUT2D eigenvalue weighted by atomic mass is 32.2. The molecule has 66 heavy (non-hydrogen) atoms. The molecule has 3 unspecified atom stereocenters. The highest BCUT2D eigenvalue weighted by Gasteiger charge is 2.46. The van der Waals surface area contributed by atoms with E-state index in [1.165, 1.54) is 27.7 Å².